The second-order valence-corrected chi connectivity index (χ2v) is 16.6. The van der Waals surface area contributed by atoms with E-state index in [0.29, 0.717) is 37.1 Å². The van der Waals surface area contributed by atoms with Crippen molar-refractivity contribution in [1.29, 1.82) is 0 Å². The summed E-state index contributed by atoms with van der Waals surface area (Å²) in [5, 5.41) is 33.1. The first kappa shape index (κ1) is 38.4. The summed E-state index contributed by atoms with van der Waals surface area (Å²) in [5.41, 5.74) is 10.6. The molecule has 0 saturated heterocycles. The SMILES string of the molecule is C#Cc1ccc(NC(=O)CC[C@@H](C)[C@H]2CC[C@H]3[C@@H]4[C@H](O)C[C@@H]5C[C@H](OC(=O)CCC(=O)Nc6ccc(N=[N+]=[N-])cc6)CC[C@]5(C)[C@H]4C[C@H](O)[C@]23C)cc1. The molecule has 4 aliphatic rings. The minimum Gasteiger partial charge on any atom is -0.462 e. The molecule has 4 aliphatic carbocycles. The Labute approximate surface area is 312 Å². The molecule has 4 N–H and O–H groups in total. The van der Waals surface area contributed by atoms with Crippen LogP contribution in [0.25, 0.3) is 10.4 Å². The van der Waals surface area contributed by atoms with Crippen LogP contribution in [0.15, 0.2) is 53.6 Å². The van der Waals surface area contributed by atoms with Crippen LogP contribution in [0, 0.1) is 58.7 Å². The van der Waals surface area contributed by atoms with Gasteiger partial charge in [-0.15, -0.1) is 6.42 Å². The summed E-state index contributed by atoms with van der Waals surface area (Å²) >= 11 is 0. The number of nitrogens with one attached hydrogen (secondary N) is 2. The molecule has 2 amide bonds. The van der Waals surface area contributed by atoms with E-state index in [1.807, 2.05) is 24.3 Å². The average Bonchev–Trinajstić information content (AvgIpc) is 3.50. The largest absolute Gasteiger partial charge is 0.462 e. The minimum atomic E-state index is -0.499. The molecule has 4 saturated carbocycles. The topological polar surface area (TPSA) is 174 Å². The van der Waals surface area contributed by atoms with Gasteiger partial charge in [-0.3, -0.25) is 14.4 Å². The molecule has 11 atom stereocenters. The molecule has 0 aliphatic heterocycles. The number of hydrogen-bond acceptors (Lipinski definition) is 7. The van der Waals surface area contributed by atoms with E-state index in [9.17, 15) is 24.6 Å². The van der Waals surface area contributed by atoms with Crippen LogP contribution in [0.4, 0.5) is 17.1 Å². The fourth-order valence-corrected chi connectivity index (χ4v) is 11.0. The monoisotopic (exact) mass is 723 g/mol. The molecule has 282 valence electrons. The van der Waals surface area contributed by atoms with Crippen molar-refractivity contribution in [1.82, 2.24) is 0 Å². The van der Waals surface area contributed by atoms with E-state index in [2.05, 4.69) is 47.4 Å². The number of esters is 1. The van der Waals surface area contributed by atoms with Gasteiger partial charge < -0.3 is 25.6 Å². The van der Waals surface area contributed by atoms with E-state index in [0.717, 1.165) is 43.4 Å². The van der Waals surface area contributed by atoms with Gasteiger partial charge in [-0.2, -0.15) is 0 Å². The van der Waals surface area contributed by atoms with Gasteiger partial charge in [0.15, 0.2) is 0 Å². The van der Waals surface area contributed by atoms with E-state index in [1.165, 1.54) is 0 Å². The third-order valence-electron chi connectivity index (χ3n) is 13.8. The lowest BCUT2D eigenvalue weighted by atomic mass is 9.43. The zero-order valence-electron chi connectivity index (χ0n) is 31.0. The van der Waals surface area contributed by atoms with Crippen molar-refractivity contribution in [3.8, 4) is 12.3 Å². The Balaban J connectivity index is 1.01. The van der Waals surface area contributed by atoms with Crippen molar-refractivity contribution in [3.63, 3.8) is 0 Å². The van der Waals surface area contributed by atoms with Gasteiger partial charge in [0, 0.05) is 40.4 Å². The van der Waals surface area contributed by atoms with Crippen LogP contribution in [0.1, 0.15) is 97.0 Å². The highest BCUT2D eigenvalue weighted by Crippen LogP contribution is 2.68. The molecular weight excluding hydrogens is 670 g/mol. The number of benzene rings is 2. The second kappa shape index (κ2) is 15.9. The molecule has 4 fully saturated rings. The Hall–Kier alpha value is -4.36. The van der Waals surface area contributed by atoms with Crippen LogP contribution >= 0.6 is 0 Å². The van der Waals surface area contributed by atoms with Gasteiger partial charge in [0.05, 0.1) is 18.6 Å². The first-order chi connectivity index (χ1) is 25.3. The Morgan fingerprint density at radius 1 is 0.943 bits per heavy atom. The highest BCUT2D eigenvalue weighted by Gasteiger charge is 2.65. The number of aliphatic hydroxyl groups is 2. The molecular formula is C42H53N5O6. The molecule has 11 heteroatoms. The first-order valence-electron chi connectivity index (χ1n) is 19.2. The molecule has 0 unspecified atom stereocenters. The molecule has 0 bridgehead atoms. The molecule has 0 heterocycles. The summed E-state index contributed by atoms with van der Waals surface area (Å²) in [4.78, 5) is 40.9. The number of ether oxygens (including phenoxy) is 1. The van der Waals surface area contributed by atoms with Gasteiger partial charge in [-0.1, -0.05) is 43.9 Å². The summed E-state index contributed by atoms with van der Waals surface area (Å²) in [6, 6.07) is 13.7. The Morgan fingerprint density at radius 2 is 1.60 bits per heavy atom. The predicted octanol–water partition coefficient (Wildman–Crippen LogP) is 7.90. The molecule has 11 nitrogen and oxygen atoms in total. The van der Waals surface area contributed by atoms with Gasteiger partial charge in [-0.25, -0.2) is 0 Å². The third-order valence-corrected chi connectivity index (χ3v) is 13.8. The maximum Gasteiger partial charge on any atom is 0.306 e. The smallest absolute Gasteiger partial charge is 0.306 e. The minimum absolute atomic E-state index is 0.0137. The van der Waals surface area contributed by atoms with Gasteiger partial charge >= 0.3 is 5.97 Å². The Bertz CT molecular complexity index is 1750. The van der Waals surface area contributed by atoms with Crippen LogP contribution < -0.4 is 10.6 Å². The number of aliphatic hydroxyl groups excluding tert-OH is 2. The molecule has 0 radical (unpaired) electrons. The highest BCUT2D eigenvalue weighted by atomic mass is 16.5. The number of anilines is 2. The van der Waals surface area contributed by atoms with Gasteiger partial charge in [-0.05, 0) is 140 Å². The maximum absolute atomic E-state index is 12.9. The highest BCUT2D eigenvalue weighted by molar-refractivity contribution is 5.92. The van der Waals surface area contributed by atoms with E-state index < -0.39 is 18.2 Å². The number of amides is 2. The summed E-state index contributed by atoms with van der Waals surface area (Å²) in [6.45, 7) is 6.77. The molecule has 0 aromatic heterocycles. The summed E-state index contributed by atoms with van der Waals surface area (Å²) < 4.78 is 5.90. The van der Waals surface area contributed by atoms with Crippen molar-refractivity contribution in [2.75, 3.05) is 10.6 Å². The first-order valence-corrected chi connectivity index (χ1v) is 19.2. The summed E-state index contributed by atoms with van der Waals surface area (Å²) in [7, 11) is 0. The fraction of sp³-hybridized carbons (Fsp3) is 0.595. The van der Waals surface area contributed by atoms with Crippen LogP contribution in [0.2, 0.25) is 0 Å². The molecule has 6 rings (SSSR count). The predicted molar refractivity (Wildman–Crippen MR) is 202 cm³/mol. The number of terminal acetylenes is 1. The van der Waals surface area contributed by atoms with Crippen molar-refractivity contribution < 1.29 is 29.3 Å². The molecule has 53 heavy (non-hydrogen) atoms. The number of azide groups is 1. The van der Waals surface area contributed by atoms with Crippen LogP contribution in [0.3, 0.4) is 0 Å². The third kappa shape index (κ3) is 7.96. The van der Waals surface area contributed by atoms with E-state index in [4.69, 9.17) is 16.7 Å². The fourth-order valence-electron chi connectivity index (χ4n) is 11.0. The Morgan fingerprint density at radius 3 is 2.26 bits per heavy atom. The standard InChI is InChI=1S/C42H53N5O6/c1-5-26-7-9-28(10-8-26)44-37(50)17-6-25(2)32-15-16-33-40-34(24-36(49)42(32,33)4)41(3)21-20-31(22-27(41)23-35(40)48)53-39(52)19-18-38(51)45-29-11-13-30(14-12-29)46-47-43/h1,7-14,25,27,31-36,40,48-49H,6,15-24H2,2-4H3,(H,44,50)(H,45,51)/t25-,27+,31-,32-,33+,34+,35-,36+,40+,41+,42-/m1/s1. The molecule has 2 aromatic carbocycles. The van der Waals surface area contributed by atoms with Gasteiger partial charge in [0.25, 0.3) is 0 Å². The number of carbonyl (C=O) groups is 3. The maximum atomic E-state index is 12.9. The van der Waals surface area contributed by atoms with Gasteiger partial charge in [0.1, 0.15) is 6.10 Å². The lowest BCUT2D eigenvalue weighted by Crippen LogP contribution is -2.62. The molecule has 0 spiro atoms. The van der Waals surface area contributed by atoms with Gasteiger partial charge in [0.2, 0.25) is 11.8 Å². The van der Waals surface area contributed by atoms with Crippen molar-refractivity contribution >= 4 is 34.8 Å². The van der Waals surface area contributed by atoms with E-state index in [-0.39, 0.29) is 77.1 Å². The van der Waals surface area contributed by atoms with E-state index >= 15 is 0 Å². The number of fused-ring (bicyclic) bond motifs is 5. The normalized spacial score (nSPS) is 33.4. The lowest BCUT2D eigenvalue weighted by Gasteiger charge is -2.63. The number of rotatable bonds is 11. The van der Waals surface area contributed by atoms with Crippen LogP contribution in [0.5, 0.6) is 0 Å². The van der Waals surface area contributed by atoms with Crippen LogP contribution in [-0.2, 0) is 19.1 Å². The zero-order valence-corrected chi connectivity index (χ0v) is 31.0. The summed E-state index contributed by atoms with van der Waals surface area (Å²) in [6.07, 6.45) is 10.7. The number of nitrogens with zero attached hydrogens (tertiary/aromatic N) is 3. The van der Waals surface area contributed by atoms with Crippen LogP contribution in [-0.4, -0.2) is 46.3 Å². The quantitative estimate of drug-likeness (QED) is 0.0603. The average molecular weight is 724 g/mol. The number of carbonyl (C=O) groups excluding carboxylic acids is 3. The molecule has 2 aromatic rings. The number of hydrogen-bond donors (Lipinski definition) is 4. The lowest BCUT2D eigenvalue weighted by molar-refractivity contribution is -0.209. The van der Waals surface area contributed by atoms with Crippen molar-refractivity contribution in [3.05, 3.63) is 64.5 Å². The zero-order chi connectivity index (χ0) is 37.9. The Kier molecular flexibility index (Phi) is 11.5. The second-order valence-electron chi connectivity index (χ2n) is 16.6. The summed E-state index contributed by atoms with van der Waals surface area (Å²) in [5.74, 6) is 2.96. The van der Waals surface area contributed by atoms with Crippen molar-refractivity contribution in [2.45, 2.75) is 110 Å². The van der Waals surface area contributed by atoms with Crippen molar-refractivity contribution in [2.24, 2.45) is 51.5 Å². The van der Waals surface area contributed by atoms with E-state index in [1.54, 1.807) is 24.3 Å².